The Morgan fingerprint density at radius 3 is 2.69 bits per heavy atom. The molecule has 200 valence electrons. The molecular formula is C27H30N10O2. The molecule has 3 N–H and O–H groups in total. The third-order valence-electron chi connectivity index (χ3n) is 6.97. The van der Waals surface area contributed by atoms with Crippen molar-refractivity contribution in [1.82, 2.24) is 35.3 Å². The third-order valence-corrected chi connectivity index (χ3v) is 6.97. The van der Waals surface area contributed by atoms with E-state index in [2.05, 4.69) is 58.8 Å². The Labute approximate surface area is 225 Å². The van der Waals surface area contributed by atoms with Gasteiger partial charge in [0.05, 0.1) is 48.1 Å². The lowest BCUT2D eigenvalue weighted by atomic mass is 9.97. The molecule has 5 heterocycles. The predicted octanol–water partition coefficient (Wildman–Crippen LogP) is 3.50. The van der Waals surface area contributed by atoms with Gasteiger partial charge < -0.3 is 25.6 Å². The normalized spacial score (nSPS) is 16.0. The first kappa shape index (κ1) is 24.7. The molecule has 0 saturated carbocycles. The van der Waals surface area contributed by atoms with Crippen molar-refractivity contribution in [1.29, 1.82) is 0 Å². The summed E-state index contributed by atoms with van der Waals surface area (Å²) >= 11 is 0. The second kappa shape index (κ2) is 9.95. The van der Waals surface area contributed by atoms with E-state index < -0.39 is 0 Å². The van der Waals surface area contributed by atoms with Crippen LogP contribution in [-0.4, -0.2) is 63.2 Å². The van der Waals surface area contributed by atoms with Crippen molar-refractivity contribution in [2.45, 2.75) is 32.9 Å². The zero-order valence-corrected chi connectivity index (χ0v) is 22.3. The number of carbonyl (C=O) groups excluding carboxylic acids is 1. The lowest BCUT2D eigenvalue weighted by Crippen LogP contribution is -2.26. The van der Waals surface area contributed by atoms with Crippen LogP contribution < -0.4 is 20.9 Å². The number of hydrogen-bond donors (Lipinski definition) is 3. The highest BCUT2D eigenvalue weighted by Crippen LogP contribution is 2.44. The highest BCUT2D eigenvalue weighted by molar-refractivity contribution is 6.00. The monoisotopic (exact) mass is 526 g/mol. The van der Waals surface area contributed by atoms with Crippen molar-refractivity contribution in [3.8, 4) is 11.1 Å². The molecule has 1 atom stereocenters. The Kier molecular flexibility index (Phi) is 6.31. The van der Waals surface area contributed by atoms with Gasteiger partial charge in [-0.3, -0.25) is 9.48 Å². The number of nitrogens with one attached hydrogen (secondary N) is 3. The number of carbonyl (C=O) groups is 1. The van der Waals surface area contributed by atoms with E-state index in [1.807, 2.05) is 38.2 Å². The molecule has 0 bridgehead atoms. The fourth-order valence-electron chi connectivity index (χ4n) is 5.27. The minimum Gasteiger partial charge on any atom is -0.379 e. The van der Waals surface area contributed by atoms with Crippen LogP contribution in [0.3, 0.4) is 0 Å². The Balaban J connectivity index is 1.38. The fourth-order valence-corrected chi connectivity index (χ4v) is 5.27. The molecule has 1 saturated heterocycles. The molecule has 4 aromatic rings. The number of para-hydroxylation sites is 1. The van der Waals surface area contributed by atoms with Crippen LogP contribution in [0.5, 0.6) is 0 Å². The van der Waals surface area contributed by atoms with Gasteiger partial charge in [0.1, 0.15) is 11.6 Å². The number of aryl methyl sites for hydroxylation is 2. The maximum Gasteiger partial charge on any atom is 0.273 e. The summed E-state index contributed by atoms with van der Waals surface area (Å²) in [5.74, 6) is 1.35. The van der Waals surface area contributed by atoms with E-state index in [9.17, 15) is 4.79 Å². The molecule has 0 aliphatic carbocycles. The van der Waals surface area contributed by atoms with E-state index in [0.29, 0.717) is 36.3 Å². The van der Waals surface area contributed by atoms with E-state index in [1.165, 1.54) is 5.69 Å². The van der Waals surface area contributed by atoms with Crippen molar-refractivity contribution in [3.63, 3.8) is 0 Å². The minimum absolute atomic E-state index is 0.184. The molecule has 12 heteroatoms. The third kappa shape index (κ3) is 4.63. The molecule has 12 nitrogen and oxygen atoms in total. The van der Waals surface area contributed by atoms with Crippen LogP contribution in [0.15, 0.2) is 36.5 Å². The Morgan fingerprint density at radius 2 is 1.92 bits per heavy atom. The van der Waals surface area contributed by atoms with Crippen molar-refractivity contribution in [2.24, 2.45) is 0 Å². The second-order valence-electron chi connectivity index (χ2n) is 9.79. The summed E-state index contributed by atoms with van der Waals surface area (Å²) in [6, 6.07) is 9.94. The van der Waals surface area contributed by atoms with Gasteiger partial charge in [0, 0.05) is 49.7 Å². The second-order valence-corrected chi connectivity index (χ2v) is 9.79. The smallest absolute Gasteiger partial charge is 0.273 e. The highest BCUT2D eigenvalue weighted by Gasteiger charge is 2.30. The van der Waals surface area contributed by atoms with E-state index in [-0.39, 0.29) is 17.6 Å². The van der Waals surface area contributed by atoms with Crippen LogP contribution in [0.25, 0.3) is 11.1 Å². The summed E-state index contributed by atoms with van der Waals surface area (Å²) in [5, 5.41) is 22.5. The fraction of sp³-hybridized carbons (Fsp3) is 0.333. The lowest BCUT2D eigenvalue weighted by molar-refractivity contribution is 0.0958. The first-order chi connectivity index (χ1) is 18.9. The van der Waals surface area contributed by atoms with Gasteiger partial charge in [-0.1, -0.05) is 12.1 Å². The molecule has 1 amide bonds. The van der Waals surface area contributed by atoms with Crippen molar-refractivity contribution < 1.29 is 9.53 Å². The van der Waals surface area contributed by atoms with Gasteiger partial charge in [-0.05, 0) is 26.3 Å². The number of amides is 1. The number of aromatic nitrogens is 6. The first-order valence-electron chi connectivity index (χ1n) is 12.9. The van der Waals surface area contributed by atoms with Gasteiger partial charge in [-0.25, -0.2) is 9.97 Å². The van der Waals surface area contributed by atoms with Crippen LogP contribution in [-0.2, 0) is 11.3 Å². The van der Waals surface area contributed by atoms with E-state index >= 15 is 0 Å². The highest BCUT2D eigenvalue weighted by atomic mass is 16.5. The maximum atomic E-state index is 12.7. The average molecular weight is 527 g/mol. The summed E-state index contributed by atoms with van der Waals surface area (Å²) in [6.07, 6.45) is 2.91. The summed E-state index contributed by atoms with van der Waals surface area (Å²) in [7, 11) is 3.63. The molecule has 2 aliphatic heterocycles. The van der Waals surface area contributed by atoms with Gasteiger partial charge in [-0.2, -0.15) is 5.10 Å². The first-order valence-corrected chi connectivity index (χ1v) is 12.9. The molecule has 39 heavy (non-hydrogen) atoms. The van der Waals surface area contributed by atoms with Gasteiger partial charge >= 0.3 is 0 Å². The van der Waals surface area contributed by atoms with Crippen LogP contribution in [0.4, 0.5) is 28.7 Å². The Morgan fingerprint density at radius 1 is 1.05 bits per heavy atom. The maximum absolute atomic E-state index is 12.7. The average Bonchev–Trinajstić information content (AvgIpc) is 3.58. The minimum atomic E-state index is -0.342. The molecule has 1 aromatic carbocycles. The van der Waals surface area contributed by atoms with Gasteiger partial charge in [-0.15, -0.1) is 10.2 Å². The summed E-state index contributed by atoms with van der Waals surface area (Å²) in [5.41, 5.74) is 6.75. The molecular weight excluding hydrogens is 496 g/mol. The number of ether oxygens (including phenoxy) is 1. The summed E-state index contributed by atoms with van der Waals surface area (Å²) in [6.45, 7) is 5.89. The molecule has 1 unspecified atom stereocenters. The quantitative estimate of drug-likeness (QED) is 0.343. The SMILES string of the molecule is CNC(=O)c1nnc(Nc2cc(C)nc(C)n2)cc1Nc1cccc2c1N(C)Cc1c-2cnn1C1CCOC1. The van der Waals surface area contributed by atoms with Gasteiger partial charge in [0.15, 0.2) is 11.5 Å². The number of hydrogen-bond acceptors (Lipinski definition) is 10. The zero-order valence-electron chi connectivity index (χ0n) is 22.3. The topological polar surface area (TPSA) is 135 Å². The number of anilines is 5. The van der Waals surface area contributed by atoms with Crippen molar-refractivity contribution >= 4 is 34.6 Å². The van der Waals surface area contributed by atoms with E-state index in [0.717, 1.165) is 41.2 Å². The number of fused-ring (bicyclic) bond motifs is 3. The molecule has 1 fully saturated rings. The summed E-state index contributed by atoms with van der Waals surface area (Å²) in [4.78, 5) is 23.6. The molecule has 0 spiro atoms. The van der Waals surface area contributed by atoms with E-state index in [1.54, 1.807) is 13.1 Å². The Bertz CT molecular complexity index is 1540. The van der Waals surface area contributed by atoms with Crippen LogP contribution in [0.2, 0.25) is 0 Å². The van der Waals surface area contributed by atoms with Crippen molar-refractivity contribution in [3.05, 3.63) is 59.4 Å². The van der Waals surface area contributed by atoms with Gasteiger partial charge in [0.2, 0.25) is 0 Å². The van der Waals surface area contributed by atoms with Crippen molar-refractivity contribution in [2.75, 3.05) is 42.8 Å². The molecule has 3 aromatic heterocycles. The predicted molar refractivity (Wildman–Crippen MR) is 148 cm³/mol. The standard InChI is InChI=1S/C27H30N10O2/c1-15-10-23(31-16(2)30-15)33-24-11-21(25(35-34-24)27(38)28-3)32-20-7-5-6-18-19-12-29-37(17-8-9-39-14-17)22(19)13-36(4)26(18)20/h5-7,10-12,17H,8-9,13-14H2,1-4H3,(H,28,38)(H2,30,31,32,33,34). The Hall–Kier alpha value is -4.58. The number of benzene rings is 1. The van der Waals surface area contributed by atoms with Crippen LogP contribution >= 0.6 is 0 Å². The summed E-state index contributed by atoms with van der Waals surface area (Å²) < 4.78 is 7.73. The largest absolute Gasteiger partial charge is 0.379 e. The number of rotatable bonds is 6. The molecule has 2 aliphatic rings. The molecule has 0 radical (unpaired) electrons. The van der Waals surface area contributed by atoms with Crippen LogP contribution in [0.1, 0.15) is 40.2 Å². The van der Waals surface area contributed by atoms with Gasteiger partial charge in [0.25, 0.3) is 5.91 Å². The van der Waals surface area contributed by atoms with Crippen LogP contribution in [0, 0.1) is 13.8 Å². The lowest BCUT2D eigenvalue weighted by Gasteiger charge is -2.31. The van der Waals surface area contributed by atoms with E-state index in [4.69, 9.17) is 9.84 Å². The number of nitrogens with zero attached hydrogens (tertiary/aromatic N) is 7. The zero-order chi connectivity index (χ0) is 27.1. The molecule has 6 rings (SSSR count).